The summed E-state index contributed by atoms with van der Waals surface area (Å²) in [5.41, 5.74) is 0.817. The van der Waals surface area contributed by atoms with E-state index in [-0.39, 0.29) is 11.6 Å². The monoisotopic (exact) mass is 216 g/mol. The number of hydrogen-bond acceptors (Lipinski definition) is 3. The summed E-state index contributed by atoms with van der Waals surface area (Å²) in [6, 6.07) is 8.02. The summed E-state index contributed by atoms with van der Waals surface area (Å²) in [6.07, 6.45) is 3.65. The van der Waals surface area contributed by atoms with Crippen molar-refractivity contribution in [2.45, 2.75) is 32.4 Å². The van der Waals surface area contributed by atoms with Crippen molar-refractivity contribution in [3.63, 3.8) is 0 Å². The van der Waals surface area contributed by atoms with Crippen LogP contribution in [-0.2, 0) is 5.54 Å². The minimum absolute atomic E-state index is 0.201. The van der Waals surface area contributed by atoms with Gasteiger partial charge in [0.1, 0.15) is 17.6 Å². The molecule has 0 saturated carbocycles. The Bertz CT molecular complexity index is 406. The van der Waals surface area contributed by atoms with Crippen molar-refractivity contribution in [1.29, 1.82) is 0 Å². The van der Waals surface area contributed by atoms with E-state index in [0.29, 0.717) is 0 Å². The number of benzene rings is 1. The first-order chi connectivity index (χ1) is 7.60. The zero-order valence-corrected chi connectivity index (χ0v) is 9.84. The van der Waals surface area contributed by atoms with E-state index in [9.17, 15) is 0 Å². The average Bonchev–Trinajstić information content (AvgIpc) is 2.66. The first-order valence-corrected chi connectivity index (χ1v) is 5.45. The van der Waals surface area contributed by atoms with Crippen molar-refractivity contribution in [3.05, 3.63) is 29.8 Å². The summed E-state index contributed by atoms with van der Waals surface area (Å²) < 4.78 is 5.59. The van der Waals surface area contributed by atoms with E-state index in [1.54, 1.807) is 6.34 Å². The molecule has 3 heteroatoms. The highest BCUT2D eigenvalue weighted by Gasteiger charge is 2.25. The van der Waals surface area contributed by atoms with E-state index >= 15 is 0 Å². The molecule has 1 heterocycles. The first-order valence-electron chi connectivity index (χ1n) is 5.45. The lowest BCUT2D eigenvalue weighted by Crippen LogP contribution is -2.18. The molecule has 0 N–H and O–H groups in total. The van der Waals surface area contributed by atoms with Gasteiger partial charge in [-0.15, -0.1) is 0 Å². The fraction of sp³-hybridized carbons (Fsp3) is 0.385. The quantitative estimate of drug-likeness (QED) is 0.765. The van der Waals surface area contributed by atoms with Gasteiger partial charge in [-0.05, 0) is 38.5 Å². The molecule has 0 spiro atoms. The molecule has 3 nitrogen and oxygen atoms in total. The Morgan fingerprint density at radius 2 is 1.88 bits per heavy atom. The first kappa shape index (κ1) is 10.9. The van der Waals surface area contributed by atoms with Crippen molar-refractivity contribution in [2.75, 3.05) is 0 Å². The molecule has 0 bridgehead atoms. The second-order valence-electron chi connectivity index (χ2n) is 4.36. The molecule has 2 rings (SSSR count). The van der Waals surface area contributed by atoms with Crippen LogP contribution in [0, 0.1) is 0 Å². The Kier molecular flexibility index (Phi) is 2.77. The Morgan fingerprint density at radius 3 is 2.38 bits per heavy atom. The summed E-state index contributed by atoms with van der Waals surface area (Å²) in [7, 11) is 0. The van der Waals surface area contributed by atoms with Crippen molar-refractivity contribution in [2.24, 2.45) is 9.98 Å². The fourth-order valence-electron chi connectivity index (χ4n) is 1.66. The van der Waals surface area contributed by atoms with Gasteiger partial charge in [-0.2, -0.15) is 0 Å². The highest BCUT2D eigenvalue weighted by atomic mass is 16.5. The van der Waals surface area contributed by atoms with Gasteiger partial charge in [0, 0.05) is 6.21 Å². The molecule has 0 fully saturated rings. The van der Waals surface area contributed by atoms with Gasteiger partial charge in [-0.1, -0.05) is 12.1 Å². The Labute approximate surface area is 95.9 Å². The molecule has 84 valence electrons. The third kappa shape index (κ3) is 2.13. The van der Waals surface area contributed by atoms with Crippen LogP contribution in [-0.4, -0.2) is 18.7 Å². The predicted octanol–water partition coefficient (Wildman–Crippen LogP) is 2.80. The van der Waals surface area contributed by atoms with Crippen LogP contribution in [0.5, 0.6) is 5.75 Å². The standard InChI is InChI=1S/C13H16N2O/c1-10(2)16-12-6-4-11(5-7-12)13(3)8-14-9-15-13/h4-10H,1-3H3. The molecule has 1 aliphatic rings. The number of aliphatic imine (C=N–C) groups is 2. The zero-order chi connectivity index (χ0) is 11.6. The summed E-state index contributed by atoms with van der Waals surface area (Å²) >= 11 is 0. The van der Waals surface area contributed by atoms with Gasteiger partial charge in [0.05, 0.1) is 6.10 Å². The third-order valence-corrected chi connectivity index (χ3v) is 2.53. The molecule has 1 unspecified atom stereocenters. The Morgan fingerprint density at radius 1 is 1.19 bits per heavy atom. The highest BCUT2D eigenvalue weighted by Crippen LogP contribution is 2.27. The van der Waals surface area contributed by atoms with E-state index < -0.39 is 0 Å². The smallest absolute Gasteiger partial charge is 0.120 e. The molecule has 0 aliphatic carbocycles. The number of nitrogens with zero attached hydrogens (tertiary/aromatic N) is 2. The van der Waals surface area contributed by atoms with Gasteiger partial charge in [0.25, 0.3) is 0 Å². The van der Waals surface area contributed by atoms with Gasteiger partial charge in [-0.25, -0.2) is 4.99 Å². The van der Waals surface area contributed by atoms with E-state index in [2.05, 4.69) is 9.98 Å². The van der Waals surface area contributed by atoms with Crippen LogP contribution in [0.15, 0.2) is 34.3 Å². The molecule has 1 aliphatic heterocycles. The predicted molar refractivity (Wildman–Crippen MR) is 66.5 cm³/mol. The summed E-state index contributed by atoms with van der Waals surface area (Å²) in [5.74, 6) is 0.890. The van der Waals surface area contributed by atoms with Crippen LogP contribution in [0.4, 0.5) is 0 Å². The van der Waals surface area contributed by atoms with Crippen LogP contribution in [0.1, 0.15) is 26.3 Å². The number of rotatable bonds is 3. The van der Waals surface area contributed by atoms with Gasteiger partial charge >= 0.3 is 0 Å². The van der Waals surface area contributed by atoms with E-state index in [1.807, 2.05) is 51.3 Å². The van der Waals surface area contributed by atoms with Crippen LogP contribution in [0.25, 0.3) is 0 Å². The topological polar surface area (TPSA) is 34.0 Å². The number of hydrogen-bond donors (Lipinski definition) is 0. The minimum Gasteiger partial charge on any atom is -0.491 e. The molecule has 0 radical (unpaired) electrons. The van der Waals surface area contributed by atoms with Crippen molar-refractivity contribution >= 4 is 12.6 Å². The second-order valence-corrected chi connectivity index (χ2v) is 4.36. The van der Waals surface area contributed by atoms with E-state index in [0.717, 1.165) is 11.3 Å². The normalized spacial score (nSPS) is 23.0. The fourth-order valence-corrected chi connectivity index (χ4v) is 1.66. The maximum Gasteiger partial charge on any atom is 0.120 e. The average molecular weight is 216 g/mol. The van der Waals surface area contributed by atoms with Gasteiger partial charge in [-0.3, -0.25) is 4.99 Å². The maximum absolute atomic E-state index is 5.59. The van der Waals surface area contributed by atoms with Crippen molar-refractivity contribution in [3.8, 4) is 5.75 Å². The summed E-state index contributed by atoms with van der Waals surface area (Å²) in [5, 5.41) is 0. The molecule has 0 amide bonds. The largest absolute Gasteiger partial charge is 0.491 e. The molecule has 16 heavy (non-hydrogen) atoms. The van der Waals surface area contributed by atoms with Gasteiger partial charge in [0.15, 0.2) is 0 Å². The van der Waals surface area contributed by atoms with E-state index in [4.69, 9.17) is 4.74 Å². The Hall–Kier alpha value is -1.64. The Balaban J connectivity index is 2.19. The van der Waals surface area contributed by atoms with Crippen LogP contribution >= 0.6 is 0 Å². The van der Waals surface area contributed by atoms with Gasteiger partial charge < -0.3 is 4.74 Å². The molecule has 0 saturated heterocycles. The third-order valence-electron chi connectivity index (χ3n) is 2.53. The second kappa shape index (κ2) is 4.08. The van der Waals surface area contributed by atoms with Crippen LogP contribution < -0.4 is 4.74 Å². The van der Waals surface area contributed by atoms with Crippen molar-refractivity contribution in [1.82, 2.24) is 0 Å². The van der Waals surface area contributed by atoms with E-state index in [1.165, 1.54) is 0 Å². The molecule has 1 aromatic rings. The highest BCUT2D eigenvalue weighted by molar-refractivity contribution is 5.86. The number of ether oxygens (including phenoxy) is 1. The lowest BCUT2D eigenvalue weighted by atomic mass is 9.94. The molecule has 0 aromatic heterocycles. The lowest BCUT2D eigenvalue weighted by Gasteiger charge is -2.18. The molecular weight excluding hydrogens is 200 g/mol. The SMILES string of the molecule is CC(C)Oc1ccc(C2(C)C=NC=N2)cc1. The molecule has 1 aromatic carbocycles. The molecular formula is C13H16N2O. The molecule has 1 atom stereocenters. The van der Waals surface area contributed by atoms with Crippen LogP contribution in [0.2, 0.25) is 0 Å². The summed E-state index contributed by atoms with van der Waals surface area (Å²) in [4.78, 5) is 8.38. The lowest BCUT2D eigenvalue weighted by molar-refractivity contribution is 0.242. The van der Waals surface area contributed by atoms with Crippen molar-refractivity contribution < 1.29 is 4.74 Å². The minimum atomic E-state index is -0.309. The zero-order valence-electron chi connectivity index (χ0n) is 9.84. The van der Waals surface area contributed by atoms with Gasteiger partial charge in [0.2, 0.25) is 0 Å². The summed E-state index contributed by atoms with van der Waals surface area (Å²) in [6.45, 7) is 6.07. The van der Waals surface area contributed by atoms with Crippen LogP contribution in [0.3, 0.4) is 0 Å². The maximum atomic E-state index is 5.59.